The summed E-state index contributed by atoms with van der Waals surface area (Å²) in [7, 11) is 0. The highest BCUT2D eigenvalue weighted by Gasteiger charge is 2.13. The summed E-state index contributed by atoms with van der Waals surface area (Å²) in [5.74, 6) is -0.587. The third-order valence-electron chi connectivity index (χ3n) is 3.64. The molecular weight excluding hydrogens is 370 g/mol. The number of nitrogens with one attached hydrogen (secondary N) is 2. The number of hydrogen-bond acceptors (Lipinski definition) is 4. The summed E-state index contributed by atoms with van der Waals surface area (Å²) in [5.41, 5.74) is 2.92. The Morgan fingerprint density at radius 3 is 2.42 bits per heavy atom. The summed E-state index contributed by atoms with van der Waals surface area (Å²) in [5, 5.41) is 8.03. The molecular formula is C19H16ClN3O2S. The molecule has 2 aromatic carbocycles. The van der Waals surface area contributed by atoms with E-state index >= 15 is 0 Å². The fourth-order valence-electron chi connectivity index (χ4n) is 2.18. The Balaban J connectivity index is 1.58. The van der Waals surface area contributed by atoms with Crippen LogP contribution in [0.2, 0.25) is 5.02 Å². The maximum absolute atomic E-state index is 12.2. The first-order valence-corrected chi connectivity index (χ1v) is 9.13. The molecule has 1 aromatic heterocycles. The molecule has 0 spiro atoms. The van der Waals surface area contributed by atoms with Crippen LogP contribution < -0.4 is 10.6 Å². The smallest absolute Gasteiger partial charge is 0.271 e. The molecule has 132 valence electrons. The quantitative estimate of drug-likeness (QED) is 0.688. The molecule has 1 heterocycles. The molecule has 0 saturated heterocycles. The number of benzene rings is 2. The third-order valence-corrected chi connectivity index (χ3v) is 4.65. The van der Waals surface area contributed by atoms with Crippen LogP contribution in [0.15, 0.2) is 53.9 Å². The van der Waals surface area contributed by atoms with Crippen LogP contribution >= 0.6 is 22.9 Å². The zero-order valence-electron chi connectivity index (χ0n) is 14.0. The van der Waals surface area contributed by atoms with E-state index in [4.69, 9.17) is 11.6 Å². The molecule has 26 heavy (non-hydrogen) atoms. The SMILES string of the molecule is Cc1ccc(CNC(=O)c2csc(NC(=O)c3ccc(Cl)cc3)n2)cc1. The molecule has 2 amide bonds. The minimum atomic E-state index is -0.303. The Labute approximate surface area is 160 Å². The van der Waals surface area contributed by atoms with Gasteiger partial charge in [0.25, 0.3) is 11.8 Å². The van der Waals surface area contributed by atoms with Crippen molar-refractivity contribution in [3.05, 3.63) is 81.3 Å². The largest absolute Gasteiger partial charge is 0.347 e. The fraction of sp³-hybridized carbons (Fsp3) is 0.105. The summed E-state index contributed by atoms with van der Waals surface area (Å²) in [6.07, 6.45) is 0. The van der Waals surface area contributed by atoms with Crippen molar-refractivity contribution in [1.29, 1.82) is 0 Å². The van der Waals surface area contributed by atoms with Crippen molar-refractivity contribution >= 4 is 39.9 Å². The Bertz CT molecular complexity index is 921. The van der Waals surface area contributed by atoms with Crippen LogP contribution in [0.1, 0.15) is 32.0 Å². The average Bonchev–Trinajstić information content (AvgIpc) is 3.10. The lowest BCUT2D eigenvalue weighted by molar-refractivity contribution is 0.0945. The maximum atomic E-state index is 12.2. The second kappa shape index (κ2) is 8.12. The number of carbonyl (C=O) groups excluding carboxylic acids is 2. The predicted octanol–water partition coefficient (Wildman–Crippen LogP) is 4.29. The zero-order chi connectivity index (χ0) is 18.5. The first-order chi connectivity index (χ1) is 12.5. The normalized spacial score (nSPS) is 10.4. The lowest BCUT2D eigenvalue weighted by Crippen LogP contribution is -2.23. The monoisotopic (exact) mass is 385 g/mol. The van der Waals surface area contributed by atoms with E-state index in [0.717, 1.165) is 5.56 Å². The highest BCUT2D eigenvalue weighted by atomic mass is 35.5. The number of amides is 2. The van der Waals surface area contributed by atoms with Crippen molar-refractivity contribution in [2.24, 2.45) is 0 Å². The number of carbonyl (C=O) groups is 2. The van der Waals surface area contributed by atoms with Crippen LogP contribution in [-0.2, 0) is 6.54 Å². The highest BCUT2D eigenvalue weighted by molar-refractivity contribution is 7.14. The molecule has 0 aliphatic rings. The maximum Gasteiger partial charge on any atom is 0.271 e. The third kappa shape index (κ3) is 4.68. The van der Waals surface area contributed by atoms with E-state index < -0.39 is 0 Å². The lowest BCUT2D eigenvalue weighted by Gasteiger charge is -2.04. The van der Waals surface area contributed by atoms with E-state index in [1.54, 1.807) is 29.6 Å². The summed E-state index contributed by atoms with van der Waals surface area (Å²) in [4.78, 5) is 28.5. The molecule has 3 aromatic rings. The lowest BCUT2D eigenvalue weighted by atomic mass is 10.1. The molecule has 0 fully saturated rings. The highest BCUT2D eigenvalue weighted by Crippen LogP contribution is 2.17. The number of nitrogens with zero attached hydrogens (tertiary/aromatic N) is 1. The number of thiazole rings is 1. The molecule has 0 aliphatic heterocycles. The van der Waals surface area contributed by atoms with Crippen molar-refractivity contribution < 1.29 is 9.59 Å². The van der Waals surface area contributed by atoms with Gasteiger partial charge in [0.05, 0.1) is 0 Å². The summed E-state index contributed by atoms with van der Waals surface area (Å²) in [6, 6.07) is 14.5. The molecule has 2 N–H and O–H groups in total. The topological polar surface area (TPSA) is 71.1 Å². The van der Waals surface area contributed by atoms with E-state index in [9.17, 15) is 9.59 Å². The van der Waals surface area contributed by atoms with Gasteiger partial charge in [-0.3, -0.25) is 14.9 Å². The van der Waals surface area contributed by atoms with Gasteiger partial charge in [0.15, 0.2) is 5.13 Å². The summed E-state index contributed by atoms with van der Waals surface area (Å²) < 4.78 is 0. The molecule has 0 aliphatic carbocycles. The first-order valence-electron chi connectivity index (χ1n) is 7.87. The molecule has 0 unspecified atom stereocenters. The number of anilines is 1. The van der Waals surface area contributed by atoms with Crippen LogP contribution in [-0.4, -0.2) is 16.8 Å². The first kappa shape index (κ1) is 18.1. The van der Waals surface area contributed by atoms with Crippen LogP contribution in [0.25, 0.3) is 0 Å². The Morgan fingerprint density at radius 2 is 1.73 bits per heavy atom. The zero-order valence-corrected chi connectivity index (χ0v) is 15.5. The minimum absolute atomic E-state index is 0.272. The van der Waals surface area contributed by atoms with Gasteiger partial charge in [0.2, 0.25) is 0 Å². The van der Waals surface area contributed by atoms with Gasteiger partial charge in [0, 0.05) is 22.5 Å². The van der Waals surface area contributed by atoms with Crippen LogP contribution in [0, 0.1) is 6.92 Å². The van der Waals surface area contributed by atoms with Gasteiger partial charge in [-0.1, -0.05) is 41.4 Å². The van der Waals surface area contributed by atoms with E-state index in [2.05, 4.69) is 15.6 Å². The van der Waals surface area contributed by atoms with Crippen molar-refractivity contribution in [2.75, 3.05) is 5.32 Å². The number of rotatable bonds is 5. The van der Waals surface area contributed by atoms with Crippen LogP contribution in [0.3, 0.4) is 0 Å². The Morgan fingerprint density at radius 1 is 1.04 bits per heavy atom. The van der Waals surface area contributed by atoms with Gasteiger partial charge in [-0.25, -0.2) is 4.98 Å². The molecule has 5 nitrogen and oxygen atoms in total. The van der Waals surface area contributed by atoms with Gasteiger partial charge >= 0.3 is 0 Å². The molecule has 0 bridgehead atoms. The van der Waals surface area contributed by atoms with Gasteiger partial charge in [-0.05, 0) is 36.8 Å². The Hall–Kier alpha value is -2.70. The minimum Gasteiger partial charge on any atom is -0.347 e. The number of aromatic nitrogens is 1. The van der Waals surface area contributed by atoms with Crippen molar-refractivity contribution in [3.8, 4) is 0 Å². The second-order valence-corrected chi connectivity index (χ2v) is 6.96. The van der Waals surface area contributed by atoms with Crippen molar-refractivity contribution in [2.45, 2.75) is 13.5 Å². The molecule has 3 rings (SSSR count). The van der Waals surface area contributed by atoms with E-state index in [1.807, 2.05) is 31.2 Å². The van der Waals surface area contributed by atoms with Crippen molar-refractivity contribution in [1.82, 2.24) is 10.3 Å². The van der Waals surface area contributed by atoms with Gasteiger partial charge in [-0.15, -0.1) is 11.3 Å². The molecule has 0 saturated carbocycles. The summed E-state index contributed by atoms with van der Waals surface area (Å²) in [6.45, 7) is 2.43. The average molecular weight is 386 g/mol. The standard InChI is InChI=1S/C19H16ClN3O2S/c1-12-2-4-13(5-3-12)10-21-18(25)16-11-26-19(22-16)23-17(24)14-6-8-15(20)9-7-14/h2-9,11H,10H2,1H3,(H,21,25)(H,22,23,24). The molecule has 7 heteroatoms. The van der Waals surface area contributed by atoms with Gasteiger partial charge in [-0.2, -0.15) is 0 Å². The van der Waals surface area contributed by atoms with E-state index in [-0.39, 0.29) is 17.5 Å². The van der Waals surface area contributed by atoms with Gasteiger partial charge < -0.3 is 5.32 Å². The fourth-order valence-corrected chi connectivity index (χ4v) is 3.00. The predicted molar refractivity (Wildman–Crippen MR) is 104 cm³/mol. The molecule has 0 radical (unpaired) electrons. The molecule has 0 atom stereocenters. The summed E-state index contributed by atoms with van der Waals surface area (Å²) >= 11 is 7.01. The van der Waals surface area contributed by atoms with Crippen LogP contribution in [0.4, 0.5) is 5.13 Å². The number of hydrogen-bond donors (Lipinski definition) is 2. The Kier molecular flexibility index (Phi) is 5.65. The number of halogens is 1. The second-order valence-electron chi connectivity index (χ2n) is 5.67. The van der Waals surface area contributed by atoms with Crippen molar-refractivity contribution in [3.63, 3.8) is 0 Å². The number of aryl methyl sites for hydroxylation is 1. The van der Waals surface area contributed by atoms with Crippen LogP contribution in [0.5, 0.6) is 0 Å². The van der Waals surface area contributed by atoms with E-state index in [1.165, 1.54) is 16.9 Å². The van der Waals surface area contributed by atoms with Gasteiger partial charge in [0.1, 0.15) is 5.69 Å². The van der Waals surface area contributed by atoms with E-state index in [0.29, 0.717) is 22.3 Å².